The van der Waals surface area contributed by atoms with Crippen molar-refractivity contribution >= 4 is 28.6 Å². The summed E-state index contributed by atoms with van der Waals surface area (Å²) in [5.41, 5.74) is 5.77. The van der Waals surface area contributed by atoms with E-state index in [1.165, 1.54) is 45.2 Å². The molecule has 7 rings (SSSR count). The molecular weight excluding hydrogens is 552 g/mol. The lowest BCUT2D eigenvalue weighted by Gasteiger charge is -2.29. The summed E-state index contributed by atoms with van der Waals surface area (Å²) in [4.78, 5) is 26.1. The van der Waals surface area contributed by atoms with Gasteiger partial charge >= 0.3 is 0 Å². The number of rotatable bonds is 5. The summed E-state index contributed by atoms with van der Waals surface area (Å²) < 4.78 is 10.3. The number of carbonyl (C=O) groups excluding carboxylic acids is 1. The molecular formula is C34H44N8O2. The highest BCUT2D eigenvalue weighted by Crippen LogP contribution is 2.41. The first-order chi connectivity index (χ1) is 21.4. The third-order valence-corrected chi connectivity index (χ3v) is 9.41. The number of hydrogen-bond acceptors (Lipinski definition) is 7. The van der Waals surface area contributed by atoms with Crippen LogP contribution in [0.2, 0.25) is 0 Å². The van der Waals surface area contributed by atoms with Crippen LogP contribution in [0, 0.1) is 18.8 Å². The van der Waals surface area contributed by atoms with Crippen LogP contribution in [0.15, 0.2) is 36.5 Å². The predicted octanol–water partition coefficient (Wildman–Crippen LogP) is 5.88. The Morgan fingerprint density at radius 1 is 1.05 bits per heavy atom. The van der Waals surface area contributed by atoms with E-state index >= 15 is 0 Å². The van der Waals surface area contributed by atoms with Crippen molar-refractivity contribution in [3.63, 3.8) is 0 Å². The summed E-state index contributed by atoms with van der Waals surface area (Å²) in [7, 11) is 1.88. The third kappa shape index (κ3) is 6.18. The van der Waals surface area contributed by atoms with Gasteiger partial charge in [-0.3, -0.25) is 15.1 Å². The molecule has 10 nitrogen and oxygen atoms in total. The van der Waals surface area contributed by atoms with E-state index in [-0.39, 0.29) is 5.91 Å². The van der Waals surface area contributed by atoms with Gasteiger partial charge in [0.1, 0.15) is 0 Å². The fourth-order valence-corrected chi connectivity index (χ4v) is 7.03. The van der Waals surface area contributed by atoms with E-state index in [0.29, 0.717) is 47.6 Å². The van der Waals surface area contributed by atoms with Crippen LogP contribution < -0.4 is 15.4 Å². The van der Waals surface area contributed by atoms with Crippen LogP contribution in [0.25, 0.3) is 22.3 Å². The molecule has 232 valence electrons. The molecule has 44 heavy (non-hydrogen) atoms. The summed E-state index contributed by atoms with van der Waals surface area (Å²) in [5.74, 6) is 2.24. The average molecular weight is 597 g/mol. The maximum absolute atomic E-state index is 13.8. The number of ether oxygens (including phenoxy) is 1. The number of imidazole rings is 1. The molecule has 1 saturated heterocycles. The number of nitrogens with zero attached hydrogens (tertiary/aromatic N) is 6. The number of piperidine rings is 1. The molecule has 3 aliphatic rings. The standard InChI is InChI=1S/C34H44N8O2/c1-22-16-26-17-30(37-22)28-19-35-40(3)33(28)44-15-7-8-25(24-9-10-24)21-42-31-18-27(11-12-29(31)38-34(42)39-32(26)43)36-23(2)20-41-13-5-4-6-14-41/h11-12,16-19,23-25,36H,4-10,13-15,20-21H2,1-3H3,(H,38,39,43)/t23-,25-/m1/s1. The van der Waals surface area contributed by atoms with Gasteiger partial charge in [0.2, 0.25) is 11.8 Å². The lowest BCUT2D eigenvalue weighted by atomic mass is 9.97. The number of aromatic nitrogens is 5. The quantitative estimate of drug-likeness (QED) is 0.297. The number of amides is 1. The maximum Gasteiger partial charge on any atom is 0.258 e. The lowest BCUT2D eigenvalue weighted by molar-refractivity contribution is 0.102. The molecule has 2 atom stereocenters. The fraction of sp³-hybridized carbons (Fsp3) is 0.529. The van der Waals surface area contributed by atoms with Crippen molar-refractivity contribution in [2.45, 2.75) is 71.4 Å². The molecule has 2 N–H and O–H groups in total. The van der Waals surface area contributed by atoms with E-state index in [4.69, 9.17) is 14.7 Å². The molecule has 3 aromatic heterocycles. The van der Waals surface area contributed by atoms with E-state index < -0.39 is 0 Å². The lowest BCUT2D eigenvalue weighted by Crippen LogP contribution is -2.38. The highest BCUT2D eigenvalue weighted by molar-refractivity contribution is 6.05. The first-order valence-corrected chi connectivity index (χ1v) is 16.4. The predicted molar refractivity (Wildman–Crippen MR) is 173 cm³/mol. The monoisotopic (exact) mass is 596 g/mol. The van der Waals surface area contributed by atoms with E-state index in [1.807, 2.05) is 26.1 Å². The SMILES string of the molecule is Cc1cc2cc(n1)-c1cnn(C)c1OCCC[C@@H](C1CC1)Cn1c(nc3ccc(N[C@H](C)CN4CCCCC4)cc31)NC2=O. The second kappa shape index (κ2) is 12.2. The molecule has 2 aliphatic heterocycles. The molecule has 2 bridgehead atoms. The number of nitrogens with one attached hydrogen (secondary N) is 2. The third-order valence-electron chi connectivity index (χ3n) is 9.41. The highest BCUT2D eigenvalue weighted by atomic mass is 16.5. The summed E-state index contributed by atoms with van der Waals surface area (Å²) in [6.07, 6.45) is 10.2. The molecule has 0 unspecified atom stereocenters. The summed E-state index contributed by atoms with van der Waals surface area (Å²) in [5, 5.41) is 11.4. The van der Waals surface area contributed by atoms with Gasteiger partial charge in [-0.05, 0) is 108 Å². The Morgan fingerprint density at radius 2 is 1.89 bits per heavy atom. The Kier molecular flexibility index (Phi) is 8.01. The van der Waals surface area contributed by atoms with Crippen molar-refractivity contribution in [2.75, 3.05) is 36.9 Å². The van der Waals surface area contributed by atoms with E-state index in [2.05, 4.69) is 50.3 Å². The average Bonchev–Trinajstić information content (AvgIpc) is 3.71. The highest BCUT2D eigenvalue weighted by Gasteiger charge is 2.32. The summed E-state index contributed by atoms with van der Waals surface area (Å²) >= 11 is 0. The van der Waals surface area contributed by atoms with Crippen molar-refractivity contribution in [2.24, 2.45) is 18.9 Å². The number of aryl methyl sites for hydroxylation is 2. The van der Waals surface area contributed by atoms with Crippen LogP contribution in [0.4, 0.5) is 11.6 Å². The Hall–Kier alpha value is -3.92. The Balaban J connectivity index is 1.23. The number of hydrogen-bond donors (Lipinski definition) is 2. The maximum atomic E-state index is 13.8. The zero-order chi connectivity index (χ0) is 30.2. The number of likely N-dealkylation sites (tertiary alicyclic amines) is 1. The molecule has 1 saturated carbocycles. The Labute approximate surface area is 259 Å². The zero-order valence-electron chi connectivity index (χ0n) is 26.2. The molecule has 4 aromatic rings. The smallest absolute Gasteiger partial charge is 0.258 e. The van der Waals surface area contributed by atoms with Crippen LogP contribution in [-0.4, -0.2) is 67.4 Å². The van der Waals surface area contributed by atoms with Gasteiger partial charge in [-0.15, -0.1) is 0 Å². The number of carbonyl (C=O) groups is 1. The number of benzene rings is 1. The van der Waals surface area contributed by atoms with Gasteiger partial charge in [0.15, 0.2) is 0 Å². The van der Waals surface area contributed by atoms with Gasteiger partial charge in [0, 0.05) is 43.1 Å². The molecule has 1 aliphatic carbocycles. The molecule has 0 spiro atoms. The van der Waals surface area contributed by atoms with Crippen molar-refractivity contribution in [1.29, 1.82) is 0 Å². The Morgan fingerprint density at radius 3 is 2.70 bits per heavy atom. The van der Waals surface area contributed by atoms with Crippen LogP contribution in [0.5, 0.6) is 5.88 Å². The summed E-state index contributed by atoms with van der Waals surface area (Å²) in [6, 6.07) is 10.4. The van der Waals surface area contributed by atoms with E-state index in [9.17, 15) is 4.79 Å². The molecule has 5 heterocycles. The molecule has 1 aromatic carbocycles. The minimum Gasteiger partial charge on any atom is -0.477 e. The normalized spacial score (nSPS) is 20.5. The fourth-order valence-electron chi connectivity index (χ4n) is 7.03. The van der Waals surface area contributed by atoms with Crippen molar-refractivity contribution in [3.05, 3.63) is 47.8 Å². The van der Waals surface area contributed by atoms with Crippen molar-refractivity contribution in [1.82, 2.24) is 29.2 Å². The zero-order valence-corrected chi connectivity index (χ0v) is 26.2. The summed E-state index contributed by atoms with van der Waals surface area (Å²) in [6.45, 7) is 9.00. The van der Waals surface area contributed by atoms with Gasteiger partial charge in [-0.25, -0.2) is 9.67 Å². The van der Waals surface area contributed by atoms with Gasteiger partial charge in [-0.1, -0.05) is 6.42 Å². The van der Waals surface area contributed by atoms with Gasteiger partial charge in [-0.2, -0.15) is 5.10 Å². The van der Waals surface area contributed by atoms with E-state index in [1.54, 1.807) is 10.9 Å². The second-order valence-electron chi connectivity index (χ2n) is 13.1. The largest absolute Gasteiger partial charge is 0.477 e. The first kappa shape index (κ1) is 28.8. The molecule has 1 amide bonds. The Bertz CT molecular complexity index is 1650. The van der Waals surface area contributed by atoms with Gasteiger partial charge in [0.05, 0.1) is 35.1 Å². The second-order valence-corrected chi connectivity index (χ2v) is 13.1. The van der Waals surface area contributed by atoms with Gasteiger partial charge in [0.25, 0.3) is 5.91 Å². The van der Waals surface area contributed by atoms with Crippen molar-refractivity contribution in [3.8, 4) is 17.1 Å². The molecule has 0 radical (unpaired) electrons. The molecule has 2 fully saturated rings. The first-order valence-electron chi connectivity index (χ1n) is 16.4. The number of pyridine rings is 1. The van der Waals surface area contributed by atoms with Crippen LogP contribution >= 0.6 is 0 Å². The number of anilines is 2. The minimum atomic E-state index is -0.203. The van der Waals surface area contributed by atoms with Crippen LogP contribution in [-0.2, 0) is 13.6 Å². The topological polar surface area (TPSA) is 102 Å². The minimum absolute atomic E-state index is 0.203. The van der Waals surface area contributed by atoms with Crippen molar-refractivity contribution < 1.29 is 9.53 Å². The van der Waals surface area contributed by atoms with Crippen LogP contribution in [0.3, 0.4) is 0 Å². The van der Waals surface area contributed by atoms with Gasteiger partial charge < -0.3 is 19.5 Å². The van der Waals surface area contributed by atoms with E-state index in [0.717, 1.165) is 53.9 Å². The molecule has 10 heteroatoms. The number of fused-ring (bicyclic) bond motifs is 7. The van der Waals surface area contributed by atoms with Crippen LogP contribution in [0.1, 0.15) is 67.9 Å².